The van der Waals surface area contributed by atoms with E-state index in [1.54, 1.807) is 0 Å². The van der Waals surface area contributed by atoms with E-state index in [4.69, 9.17) is 4.74 Å². The Labute approximate surface area is 94.8 Å². The maximum Gasteiger partial charge on any atom is 0.308 e. The lowest BCUT2D eigenvalue weighted by molar-refractivity contribution is -0.145. The van der Waals surface area contributed by atoms with Crippen LogP contribution in [0.25, 0.3) is 0 Å². The number of methoxy groups -OCH3 is 1. The smallest absolute Gasteiger partial charge is 0.308 e. The fourth-order valence-corrected chi connectivity index (χ4v) is 3.05. The maximum absolute atomic E-state index is 11.5. The fraction of sp³-hybridized carbons (Fsp3) is 0.462. The molecule has 1 saturated carbocycles. The highest BCUT2D eigenvalue weighted by atomic mass is 16.5. The topological polar surface area (TPSA) is 38.3 Å². The van der Waals surface area contributed by atoms with Crippen molar-refractivity contribution in [2.24, 2.45) is 5.92 Å². The quantitative estimate of drug-likeness (QED) is 0.732. The van der Waals surface area contributed by atoms with E-state index in [9.17, 15) is 4.79 Å². The Hall–Kier alpha value is -1.51. The van der Waals surface area contributed by atoms with E-state index >= 15 is 0 Å². The van der Waals surface area contributed by atoms with Crippen LogP contribution in [0, 0.1) is 5.92 Å². The summed E-state index contributed by atoms with van der Waals surface area (Å²) in [7, 11) is 1.47. The first kappa shape index (κ1) is 9.70. The number of benzene rings is 1. The third-order valence-corrected chi connectivity index (χ3v) is 3.80. The van der Waals surface area contributed by atoms with Crippen molar-refractivity contribution in [2.75, 3.05) is 12.4 Å². The predicted octanol–water partition coefficient (Wildman–Crippen LogP) is 2.15. The number of carbonyl (C=O) groups is 1. The van der Waals surface area contributed by atoms with Gasteiger partial charge in [-0.2, -0.15) is 0 Å². The van der Waals surface area contributed by atoms with Crippen LogP contribution < -0.4 is 5.32 Å². The van der Waals surface area contributed by atoms with Gasteiger partial charge in [0.2, 0.25) is 0 Å². The number of rotatable bonds is 1. The molecule has 0 aromatic heterocycles. The number of para-hydroxylation sites is 1. The fourth-order valence-electron chi connectivity index (χ4n) is 3.05. The molecule has 0 spiro atoms. The second-order valence-corrected chi connectivity index (χ2v) is 4.64. The molecular formula is C13H15NO2. The highest BCUT2D eigenvalue weighted by Crippen LogP contribution is 2.47. The van der Waals surface area contributed by atoms with Crippen LogP contribution in [0.15, 0.2) is 24.3 Å². The summed E-state index contributed by atoms with van der Waals surface area (Å²) in [5, 5.41) is 3.50. The lowest BCUT2D eigenvalue weighted by Crippen LogP contribution is -2.17. The molecule has 1 aromatic rings. The van der Waals surface area contributed by atoms with Gasteiger partial charge in [-0.15, -0.1) is 0 Å². The van der Waals surface area contributed by atoms with Crippen LogP contribution in [-0.4, -0.2) is 19.1 Å². The minimum atomic E-state index is -0.0614. The summed E-state index contributed by atoms with van der Waals surface area (Å²) in [6.45, 7) is 0. The molecule has 1 aliphatic heterocycles. The van der Waals surface area contributed by atoms with Crippen LogP contribution in [0.5, 0.6) is 0 Å². The van der Waals surface area contributed by atoms with Gasteiger partial charge < -0.3 is 10.1 Å². The molecule has 16 heavy (non-hydrogen) atoms. The highest BCUT2D eigenvalue weighted by Gasteiger charge is 2.43. The average molecular weight is 217 g/mol. The number of carbonyl (C=O) groups excluding carboxylic acids is 1. The largest absolute Gasteiger partial charge is 0.469 e. The van der Waals surface area contributed by atoms with E-state index in [0.717, 1.165) is 12.8 Å². The van der Waals surface area contributed by atoms with E-state index in [0.29, 0.717) is 12.0 Å². The molecule has 3 atom stereocenters. The second kappa shape index (κ2) is 3.51. The van der Waals surface area contributed by atoms with Crippen molar-refractivity contribution in [3.05, 3.63) is 29.8 Å². The zero-order valence-electron chi connectivity index (χ0n) is 9.27. The Morgan fingerprint density at radius 1 is 1.38 bits per heavy atom. The molecule has 0 saturated heterocycles. The number of anilines is 1. The molecule has 3 heteroatoms. The van der Waals surface area contributed by atoms with Crippen molar-refractivity contribution in [1.82, 2.24) is 0 Å². The lowest BCUT2D eigenvalue weighted by atomic mass is 9.96. The Morgan fingerprint density at radius 3 is 3.00 bits per heavy atom. The lowest BCUT2D eigenvalue weighted by Gasteiger charge is -2.09. The van der Waals surface area contributed by atoms with Crippen molar-refractivity contribution in [3.63, 3.8) is 0 Å². The van der Waals surface area contributed by atoms with Gasteiger partial charge in [0.05, 0.1) is 13.0 Å². The maximum atomic E-state index is 11.5. The Bertz CT molecular complexity index is 430. The first-order chi connectivity index (χ1) is 7.79. The molecule has 0 unspecified atom stereocenters. The molecule has 0 amide bonds. The number of hydrogen-bond donors (Lipinski definition) is 1. The molecule has 1 fully saturated rings. The van der Waals surface area contributed by atoms with E-state index in [1.807, 2.05) is 6.07 Å². The van der Waals surface area contributed by atoms with Gasteiger partial charge in [-0.05, 0) is 24.5 Å². The standard InChI is InChI=1S/C13H15NO2/c1-16-13(15)8-6-10-9-4-2-3-5-11(9)14-12(10)7-8/h2-5,8,10,12,14H,6-7H2,1H3/t8-,10-,12-/m0/s1. The van der Waals surface area contributed by atoms with Gasteiger partial charge in [0, 0.05) is 17.6 Å². The van der Waals surface area contributed by atoms with Crippen LogP contribution in [0.3, 0.4) is 0 Å². The number of fused-ring (bicyclic) bond motifs is 3. The minimum Gasteiger partial charge on any atom is -0.469 e. The van der Waals surface area contributed by atoms with Crippen LogP contribution in [0.4, 0.5) is 5.69 Å². The van der Waals surface area contributed by atoms with Crippen molar-refractivity contribution >= 4 is 11.7 Å². The number of ether oxygens (including phenoxy) is 1. The number of hydrogen-bond acceptors (Lipinski definition) is 3. The summed E-state index contributed by atoms with van der Waals surface area (Å²) in [4.78, 5) is 11.5. The SMILES string of the molecule is COC(=O)[C@@H]1C[C@@H]2Nc3ccccc3[C@@H]2C1. The molecule has 84 valence electrons. The van der Waals surface area contributed by atoms with Crippen LogP contribution in [0.1, 0.15) is 24.3 Å². The predicted molar refractivity (Wildman–Crippen MR) is 61.3 cm³/mol. The first-order valence-electron chi connectivity index (χ1n) is 5.73. The molecule has 3 rings (SSSR count). The van der Waals surface area contributed by atoms with E-state index in [1.165, 1.54) is 18.4 Å². The Kier molecular flexibility index (Phi) is 2.13. The van der Waals surface area contributed by atoms with Crippen LogP contribution in [-0.2, 0) is 9.53 Å². The molecular weight excluding hydrogens is 202 g/mol. The monoisotopic (exact) mass is 217 g/mol. The molecule has 3 nitrogen and oxygen atoms in total. The summed E-state index contributed by atoms with van der Waals surface area (Å²) in [5.41, 5.74) is 2.60. The molecule has 1 N–H and O–H groups in total. The van der Waals surface area contributed by atoms with Crippen molar-refractivity contribution in [3.8, 4) is 0 Å². The third kappa shape index (κ3) is 1.31. The molecule has 1 aromatic carbocycles. The van der Waals surface area contributed by atoms with Crippen molar-refractivity contribution in [2.45, 2.75) is 24.8 Å². The molecule has 1 aliphatic carbocycles. The van der Waals surface area contributed by atoms with Crippen molar-refractivity contribution < 1.29 is 9.53 Å². The van der Waals surface area contributed by atoms with E-state index in [-0.39, 0.29) is 11.9 Å². The second-order valence-electron chi connectivity index (χ2n) is 4.64. The van der Waals surface area contributed by atoms with Gasteiger partial charge >= 0.3 is 5.97 Å². The molecule has 1 heterocycles. The van der Waals surface area contributed by atoms with Gasteiger partial charge in [0.1, 0.15) is 0 Å². The van der Waals surface area contributed by atoms with Gasteiger partial charge in [-0.3, -0.25) is 4.79 Å². The van der Waals surface area contributed by atoms with E-state index in [2.05, 4.69) is 23.5 Å². The first-order valence-corrected chi connectivity index (χ1v) is 5.73. The zero-order valence-corrected chi connectivity index (χ0v) is 9.27. The van der Waals surface area contributed by atoms with Crippen LogP contribution >= 0.6 is 0 Å². The average Bonchev–Trinajstić information content (AvgIpc) is 2.85. The summed E-state index contributed by atoms with van der Waals surface area (Å²) >= 11 is 0. The molecule has 0 bridgehead atoms. The van der Waals surface area contributed by atoms with Gasteiger partial charge in [0.25, 0.3) is 0 Å². The Morgan fingerprint density at radius 2 is 2.19 bits per heavy atom. The van der Waals surface area contributed by atoms with Gasteiger partial charge in [-0.25, -0.2) is 0 Å². The van der Waals surface area contributed by atoms with Crippen LogP contribution in [0.2, 0.25) is 0 Å². The summed E-state index contributed by atoms with van der Waals surface area (Å²) in [5.74, 6) is 0.495. The van der Waals surface area contributed by atoms with Gasteiger partial charge in [-0.1, -0.05) is 18.2 Å². The van der Waals surface area contributed by atoms with E-state index < -0.39 is 0 Å². The number of esters is 1. The molecule has 0 radical (unpaired) electrons. The zero-order chi connectivity index (χ0) is 11.1. The number of nitrogens with one attached hydrogen (secondary N) is 1. The summed E-state index contributed by atoms with van der Waals surface area (Å²) in [6, 6.07) is 8.80. The summed E-state index contributed by atoms with van der Waals surface area (Å²) in [6.07, 6.45) is 1.81. The third-order valence-electron chi connectivity index (χ3n) is 3.80. The van der Waals surface area contributed by atoms with Crippen molar-refractivity contribution in [1.29, 1.82) is 0 Å². The minimum absolute atomic E-state index is 0.0614. The summed E-state index contributed by atoms with van der Waals surface area (Å²) < 4.78 is 4.82. The molecule has 2 aliphatic rings. The highest BCUT2D eigenvalue weighted by molar-refractivity contribution is 5.74. The normalized spacial score (nSPS) is 30.4. The van der Waals surface area contributed by atoms with Gasteiger partial charge in [0.15, 0.2) is 0 Å². The Balaban J connectivity index is 1.84.